The highest BCUT2D eigenvalue weighted by molar-refractivity contribution is 6.02. The first kappa shape index (κ1) is 24.6. The van der Waals surface area contributed by atoms with Crippen molar-refractivity contribution in [3.8, 4) is 0 Å². The predicted molar refractivity (Wildman–Crippen MR) is 103 cm³/mol. The Hall–Kier alpha value is -1.43. The van der Waals surface area contributed by atoms with Crippen molar-refractivity contribution in [3.63, 3.8) is 0 Å². The minimum absolute atomic E-state index is 0.00631. The van der Waals surface area contributed by atoms with Gasteiger partial charge >= 0.3 is 0 Å². The molecule has 26 heavy (non-hydrogen) atoms. The van der Waals surface area contributed by atoms with Crippen molar-refractivity contribution in [2.45, 2.75) is 62.3 Å². The molecule has 2 atom stereocenters. The number of hydrogen-bond donors (Lipinski definition) is 2. The Kier molecular flexibility index (Phi) is 10.1. The van der Waals surface area contributed by atoms with E-state index in [4.69, 9.17) is 4.84 Å². The molecule has 0 radical (unpaired) electrons. The maximum atomic E-state index is 13.0. The van der Waals surface area contributed by atoms with Crippen LogP contribution in [0.2, 0.25) is 0 Å². The fraction of sp³-hybridized carbons (Fsp3) is 0.850. The Balaban J connectivity index is 5.04. The van der Waals surface area contributed by atoms with Crippen LogP contribution in [0.1, 0.15) is 62.3 Å². The summed E-state index contributed by atoms with van der Waals surface area (Å²) in [4.78, 5) is 42.8. The van der Waals surface area contributed by atoms with Gasteiger partial charge in [-0.05, 0) is 17.8 Å². The SMILES string of the molecule is CC(C)CNC(=O)[C@H](C(=O)[C@H](CONC(=O)C(C)(C)C)C(C)C)C(C)C. The molecule has 0 saturated heterocycles. The van der Waals surface area contributed by atoms with Gasteiger partial charge in [-0.1, -0.05) is 62.3 Å². The standard InChI is InChI=1S/C20H38N2O4/c1-12(2)10-21-18(24)16(14(5)6)17(23)15(13(3)4)11-26-22-19(25)20(7,8)9/h12-16H,10-11H2,1-9H3,(H,21,24)(H,22,25)/t15-,16+/m1/s1. The minimum Gasteiger partial charge on any atom is -0.355 e. The molecule has 0 aliphatic rings. The van der Waals surface area contributed by atoms with Gasteiger partial charge in [0, 0.05) is 17.9 Å². The van der Waals surface area contributed by atoms with Crippen molar-refractivity contribution in [1.82, 2.24) is 10.8 Å². The van der Waals surface area contributed by atoms with Crippen molar-refractivity contribution in [2.75, 3.05) is 13.2 Å². The number of amides is 2. The quantitative estimate of drug-likeness (QED) is 0.457. The molecule has 0 saturated carbocycles. The van der Waals surface area contributed by atoms with Crippen LogP contribution in [0.3, 0.4) is 0 Å². The van der Waals surface area contributed by atoms with Crippen LogP contribution in [0.4, 0.5) is 0 Å². The molecule has 0 unspecified atom stereocenters. The zero-order valence-corrected chi connectivity index (χ0v) is 17.9. The zero-order valence-electron chi connectivity index (χ0n) is 17.9. The highest BCUT2D eigenvalue weighted by Gasteiger charge is 2.36. The molecule has 0 aliphatic heterocycles. The number of Topliss-reactive ketones (excluding diaryl/α,β-unsaturated/α-hetero) is 1. The molecule has 0 rings (SSSR count). The molecule has 0 aromatic carbocycles. The first-order valence-electron chi connectivity index (χ1n) is 9.52. The number of hydroxylamine groups is 1. The van der Waals surface area contributed by atoms with Crippen LogP contribution < -0.4 is 10.8 Å². The highest BCUT2D eigenvalue weighted by Crippen LogP contribution is 2.23. The van der Waals surface area contributed by atoms with Crippen LogP contribution in [0, 0.1) is 35.0 Å². The summed E-state index contributed by atoms with van der Waals surface area (Å²) >= 11 is 0. The Morgan fingerprint density at radius 1 is 0.923 bits per heavy atom. The van der Waals surface area contributed by atoms with E-state index < -0.39 is 17.3 Å². The number of carbonyl (C=O) groups excluding carboxylic acids is 3. The second kappa shape index (κ2) is 10.7. The summed E-state index contributed by atoms with van der Waals surface area (Å²) in [5, 5.41) is 2.86. The fourth-order valence-corrected chi connectivity index (χ4v) is 2.36. The number of nitrogens with one attached hydrogen (secondary N) is 2. The second-order valence-electron chi connectivity index (χ2n) is 9.11. The van der Waals surface area contributed by atoms with Crippen molar-refractivity contribution in [3.05, 3.63) is 0 Å². The molecule has 0 spiro atoms. The van der Waals surface area contributed by atoms with Gasteiger partial charge in [-0.25, -0.2) is 5.48 Å². The summed E-state index contributed by atoms with van der Waals surface area (Å²) in [6.45, 7) is 17.5. The average molecular weight is 371 g/mol. The topological polar surface area (TPSA) is 84.5 Å². The van der Waals surface area contributed by atoms with Gasteiger partial charge in [0.25, 0.3) is 0 Å². The van der Waals surface area contributed by atoms with Crippen molar-refractivity contribution >= 4 is 17.6 Å². The number of ketones is 1. The van der Waals surface area contributed by atoms with E-state index in [0.29, 0.717) is 12.5 Å². The van der Waals surface area contributed by atoms with Crippen LogP contribution in [0.15, 0.2) is 0 Å². The van der Waals surface area contributed by atoms with Crippen LogP contribution >= 0.6 is 0 Å². The van der Waals surface area contributed by atoms with E-state index in [-0.39, 0.29) is 36.0 Å². The lowest BCUT2D eigenvalue weighted by atomic mass is 9.80. The first-order chi connectivity index (χ1) is 11.8. The van der Waals surface area contributed by atoms with Crippen LogP contribution in [0.5, 0.6) is 0 Å². The van der Waals surface area contributed by atoms with Gasteiger partial charge in [0.15, 0.2) is 5.78 Å². The van der Waals surface area contributed by atoms with E-state index in [9.17, 15) is 14.4 Å². The van der Waals surface area contributed by atoms with Gasteiger partial charge in [0.1, 0.15) is 0 Å². The predicted octanol–water partition coefficient (Wildman–Crippen LogP) is 2.97. The molecule has 6 heteroatoms. The molecular formula is C20H38N2O4. The lowest BCUT2D eigenvalue weighted by Crippen LogP contribution is -2.45. The molecule has 0 aromatic heterocycles. The lowest BCUT2D eigenvalue weighted by Gasteiger charge is -2.27. The third-order valence-corrected chi connectivity index (χ3v) is 4.22. The molecule has 0 aliphatic carbocycles. The summed E-state index contributed by atoms with van der Waals surface area (Å²) in [7, 11) is 0. The third kappa shape index (κ3) is 8.30. The molecule has 152 valence electrons. The molecular weight excluding hydrogens is 332 g/mol. The third-order valence-electron chi connectivity index (χ3n) is 4.22. The van der Waals surface area contributed by atoms with Crippen LogP contribution in [0.25, 0.3) is 0 Å². The van der Waals surface area contributed by atoms with E-state index in [0.717, 1.165) is 0 Å². The van der Waals surface area contributed by atoms with E-state index >= 15 is 0 Å². The summed E-state index contributed by atoms with van der Waals surface area (Å²) in [5.74, 6) is -1.60. The largest absolute Gasteiger partial charge is 0.355 e. The normalized spacial score (nSPS) is 14.5. The Labute approximate surface area is 158 Å². The Morgan fingerprint density at radius 3 is 1.85 bits per heavy atom. The summed E-state index contributed by atoms with van der Waals surface area (Å²) < 4.78 is 0. The lowest BCUT2D eigenvalue weighted by molar-refractivity contribution is -0.149. The van der Waals surface area contributed by atoms with Gasteiger partial charge in [-0.3, -0.25) is 19.2 Å². The highest BCUT2D eigenvalue weighted by atomic mass is 16.7. The van der Waals surface area contributed by atoms with E-state index in [1.54, 1.807) is 20.8 Å². The smallest absolute Gasteiger partial charge is 0.248 e. The van der Waals surface area contributed by atoms with Gasteiger partial charge in [-0.2, -0.15) is 0 Å². The van der Waals surface area contributed by atoms with Gasteiger partial charge < -0.3 is 5.32 Å². The maximum Gasteiger partial charge on any atom is 0.248 e. The average Bonchev–Trinajstić information content (AvgIpc) is 2.47. The van der Waals surface area contributed by atoms with Crippen molar-refractivity contribution < 1.29 is 19.2 Å². The van der Waals surface area contributed by atoms with Crippen LogP contribution in [-0.4, -0.2) is 30.7 Å². The van der Waals surface area contributed by atoms with Gasteiger partial charge in [-0.15, -0.1) is 0 Å². The minimum atomic E-state index is -0.719. The monoisotopic (exact) mass is 370 g/mol. The molecule has 0 bridgehead atoms. The number of rotatable bonds is 10. The molecule has 0 fully saturated rings. The van der Waals surface area contributed by atoms with E-state index in [2.05, 4.69) is 10.8 Å². The van der Waals surface area contributed by atoms with Gasteiger partial charge in [0.05, 0.1) is 12.5 Å². The molecule has 0 heterocycles. The first-order valence-corrected chi connectivity index (χ1v) is 9.52. The maximum absolute atomic E-state index is 13.0. The Morgan fingerprint density at radius 2 is 1.46 bits per heavy atom. The van der Waals surface area contributed by atoms with Crippen LogP contribution in [-0.2, 0) is 19.2 Å². The molecule has 2 N–H and O–H groups in total. The fourth-order valence-electron chi connectivity index (χ4n) is 2.36. The van der Waals surface area contributed by atoms with E-state index in [1.807, 2.05) is 41.5 Å². The Bertz CT molecular complexity index is 479. The number of carbonyl (C=O) groups is 3. The summed E-state index contributed by atoms with van der Waals surface area (Å²) in [6, 6.07) is 0. The van der Waals surface area contributed by atoms with E-state index in [1.165, 1.54) is 0 Å². The zero-order chi connectivity index (χ0) is 20.7. The number of hydrogen-bond acceptors (Lipinski definition) is 4. The molecule has 2 amide bonds. The second-order valence-corrected chi connectivity index (χ2v) is 9.11. The molecule has 6 nitrogen and oxygen atoms in total. The van der Waals surface area contributed by atoms with Gasteiger partial charge in [0.2, 0.25) is 11.8 Å². The summed E-state index contributed by atoms with van der Waals surface area (Å²) in [5.41, 5.74) is 1.83. The molecule has 0 aromatic rings. The van der Waals surface area contributed by atoms with Crippen molar-refractivity contribution in [2.24, 2.45) is 35.0 Å². The van der Waals surface area contributed by atoms with Crippen molar-refractivity contribution in [1.29, 1.82) is 0 Å². The summed E-state index contributed by atoms with van der Waals surface area (Å²) in [6.07, 6.45) is 0.